The molecule has 0 aromatic carbocycles. The molecule has 0 radical (unpaired) electrons. The Morgan fingerprint density at radius 1 is 0.452 bits per heavy atom. The zero-order valence-electron chi connectivity index (χ0n) is 21.7. The molecule has 0 rings (SSSR count). The Morgan fingerprint density at radius 2 is 0.839 bits per heavy atom. The molecule has 0 fully saturated rings. The first-order valence-corrected chi connectivity index (χ1v) is 13.8. The van der Waals surface area contributed by atoms with Crippen LogP contribution in [0.1, 0.15) is 130 Å². The average molecular weight is 443 g/mol. The molecule has 0 aromatic heterocycles. The van der Waals surface area contributed by atoms with Crippen molar-refractivity contribution in [3.8, 4) is 0 Å². The van der Waals surface area contributed by atoms with Gasteiger partial charge in [0.05, 0.1) is 0 Å². The molecule has 0 saturated heterocycles. The van der Waals surface area contributed by atoms with E-state index in [0.29, 0.717) is 30.3 Å². The third kappa shape index (κ3) is 19.1. The zero-order valence-corrected chi connectivity index (χ0v) is 21.7. The summed E-state index contributed by atoms with van der Waals surface area (Å²) in [6.45, 7) is 10.0. The van der Waals surface area contributed by atoms with Crippen LogP contribution >= 0.6 is 0 Å². The molecule has 0 saturated carbocycles. The van der Waals surface area contributed by atoms with E-state index >= 15 is 0 Å². The van der Waals surface area contributed by atoms with Crippen molar-refractivity contribution < 1.29 is 15.3 Å². The van der Waals surface area contributed by atoms with Crippen molar-refractivity contribution in [2.75, 3.05) is 19.8 Å². The molecular formula is C28H58O3. The molecule has 31 heavy (non-hydrogen) atoms. The van der Waals surface area contributed by atoms with E-state index in [1.54, 1.807) is 0 Å². The Balaban J connectivity index is 4.72. The number of unbranched alkanes of at least 4 members (excludes halogenated alkanes) is 7. The molecule has 0 heterocycles. The SMILES string of the molecule is CCCCCCCCCCC(CC(C)CCO)CC(CC(C)CCO)CC(C)CCO. The van der Waals surface area contributed by atoms with Crippen molar-refractivity contribution in [3.63, 3.8) is 0 Å². The van der Waals surface area contributed by atoms with E-state index in [2.05, 4.69) is 27.7 Å². The summed E-state index contributed by atoms with van der Waals surface area (Å²) in [4.78, 5) is 0. The summed E-state index contributed by atoms with van der Waals surface area (Å²) < 4.78 is 0. The number of aliphatic hydroxyl groups is 3. The molecule has 0 aliphatic heterocycles. The molecule has 0 bridgehead atoms. The van der Waals surface area contributed by atoms with Gasteiger partial charge in [0.25, 0.3) is 0 Å². The molecule has 188 valence electrons. The largest absolute Gasteiger partial charge is 0.396 e. The normalized spacial score (nSPS) is 16.7. The first kappa shape index (κ1) is 30.9. The maximum absolute atomic E-state index is 9.37. The van der Waals surface area contributed by atoms with E-state index in [9.17, 15) is 15.3 Å². The van der Waals surface area contributed by atoms with Crippen LogP contribution in [0.25, 0.3) is 0 Å². The lowest BCUT2D eigenvalue weighted by Gasteiger charge is -2.29. The van der Waals surface area contributed by atoms with Crippen molar-refractivity contribution >= 4 is 0 Å². The molecule has 0 amide bonds. The molecule has 3 heteroatoms. The smallest absolute Gasteiger partial charge is 0.0433 e. The van der Waals surface area contributed by atoms with Crippen LogP contribution in [-0.2, 0) is 0 Å². The Morgan fingerprint density at radius 3 is 1.26 bits per heavy atom. The molecule has 3 nitrogen and oxygen atoms in total. The second kappa shape index (κ2) is 21.7. The van der Waals surface area contributed by atoms with Gasteiger partial charge >= 0.3 is 0 Å². The Labute approximate surface area is 195 Å². The van der Waals surface area contributed by atoms with Crippen LogP contribution in [0, 0.1) is 29.6 Å². The summed E-state index contributed by atoms with van der Waals surface area (Å²) in [5.41, 5.74) is 0. The van der Waals surface area contributed by atoms with Gasteiger partial charge in [-0.2, -0.15) is 0 Å². The molecule has 4 atom stereocenters. The minimum atomic E-state index is 0.287. The monoisotopic (exact) mass is 442 g/mol. The fourth-order valence-electron chi connectivity index (χ4n) is 5.38. The fourth-order valence-corrected chi connectivity index (χ4v) is 5.38. The highest BCUT2D eigenvalue weighted by molar-refractivity contribution is 4.74. The lowest BCUT2D eigenvalue weighted by atomic mass is 9.77. The van der Waals surface area contributed by atoms with Gasteiger partial charge in [-0.25, -0.2) is 0 Å². The van der Waals surface area contributed by atoms with Crippen LogP contribution < -0.4 is 0 Å². The van der Waals surface area contributed by atoms with Gasteiger partial charge < -0.3 is 15.3 Å². The van der Waals surface area contributed by atoms with Crippen LogP contribution in [-0.4, -0.2) is 35.1 Å². The van der Waals surface area contributed by atoms with Gasteiger partial charge in [0.15, 0.2) is 0 Å². The molecule has 4 unspecified atom stereocenters. The third-order valence-corrected chi connectivity index (χ3v) is 7.21. The van der Waals surface area contributed by atoms with Gasteiger partial charge in [0.2, 0.25) is 0 Å². The molecule has 3 N–H and O–H groups in total. The maximum Gasteiger partial charge on any atom is 0.0433 e. The number of rotatable bonds is 23. The highest BCUT2D eigenvalue weighted by Crippen LogP contribution is 2.34. The summed E-state index contributed by atoms with van der Waals surface area (Å²) in [6, 6.07) is 0. The first-order chi connectivity index (χ1) is 15.0. The van der Waals surface area contributed by atoms with Crippen molar-refractivity contribution in [2.24, 2.45) is 29.6 Å². The molecule has 0 aliphatic rings. The predicted molar refractivity (Wildman–Crippen MR) is 135 cm³/mol. The third-order valence-electron chi connectivity index (χ3n) is 7.21. The van der Waals surface area contributed by atoms with Crippen molar-refractivity contribution in [2.45, 2.75) is 130 Å². The van der Waals surface area contributed by atoms with Crippen LogP contribution in [0.2, 0.25) is 0 Å². The van der Waals surface area contributed by atoms with E-state index in [0.717, 1.165) is 25.2 Å². The Hall–Kier alpha value is -0.120. The van der Waals surface area contributed by atoms with Gasteiger partial charge in [0, 0.05) is 19.8 Å². The van der Waals surface area contributed by atoms with Crippen molar-refractivity contribution in [1.82, 2.24) is 0 Å². The lowest BCUT2D eigenvalue weighted by molar-refractivity contribution is 0.187. The Bertz CT molecular complexity index is 346. The molecule has 0 aromatic rings. The van der Waals surface area contributed by atoms with Crippen LogP contribution in [0.5, 0.6) is 0 Å². The minimum Gasteiger partial charge on any atom is -0.396 e. The van der Waals surface area contributed by atoms with Crippen molar-refractivity contribution in [1.29, 1.82) is 0 Å². The van der Waals surface area contributed by atoms with E-state index in [4.69, 9.17) is 0 Å². The zero-order chi connectivity index (χ0) is 23.3. The second-order valence-electron chi connectivity index (χ2n) is 10.8. The standard InChI is InChI=1S/C28H58O3/c1-5-6-7-8-9-10-11-12-13-27(20-24(2)14-17-29)23-28(21-25(3)15-18-30)22-26(4)16-19-31/h24-31H,5-23H2,1-4H3. The number of aliphatic hydroxyl groups excluding tert-OH is 3. The molecule has 0 aliphatic carbocycles. The second-order valence-corrected chi connectivity index (χ2v) is 10.8. The van der Waals surface area contributed by atoms with E-state index < -0.39 is 0 Å². The van der Waals surface area contributed by atoms with Gasteiger partial charge in [-0.15, -0.1) is 0 Å². The fraction of sp³-hybridized carbons (Fsp3) is 1.00. The van der Waals surface area contributed by atoms with Crippen LogP contribution in [0.4, 0.5) is 0 Å². The maximum atomic E-state index is 9.37. The molecular weight excluding hydrogens is 384 g/mol. The summed E-state index contributed by atoms with van der Waals surface area (Å²) in [5.74, 6) is 3.15. The summed E-state index contributed by atoms with van der Waals surface area (Å²) in [6.07, 6.45) is 19.9. The predicted octanol–water partition coefficient (Wildman–Crippen LogP) is 7.37. The van der Waals surface area contributed by atoms with E-state index in [1.807, 2.05) is 0 Å². The highest BCUT2D eigenvalue weighted by Gasteiger charge is 2.22. The summed E-state index contributed by atoms with van der Waals surface area (Å²) in [5, 5.41) is 28.1. The summed E-state index contributed by atoms with van der Waals surface area (Å²) >= 11 is 0. The first-order valence-electron chi connectivity index (χ1n) is 13.8. The summed E-state index contributed by atoms with van der Waals surface area (Å²) in [7, 11) is 0. The van der Waals surface area contributed by atoms with Crippen LogP contribution in [0.15, 0.2) is 0 Å². The van der Waals surface area contributed by atoms with E-state index in [-0.39, 0.29) is 13.2 Å². The van der Waals surface area contributed by atoms with Gasteiger partial charge in [-0.05, 0) is 74.5 Å². The van der Waals surface area contributed by atoms with Gasteiger partial charge in [0.1, 0.15) is 0 Å². The topological polar surface area (TPSA) is 60.7 Å². The number of hydrogen-bond acceptors (Lipinski definition) is 3. The highest BCUT2D eigenvalue weighted by atomic mass is 16.3. The lowest BCUT2D eigenvalue weighted by Crippen LogP contribution is -2.18. The molecule has 0 spiro atoms. The Kier molecular flexibility index (Phi) is 21.6. The van der Waals surface area contributed by atoms with E-state index in [1.165, 1.54) is 83.5 Å². The average Bonchev–Trinajstić information content (AvgIpc) is 2.70. The van der Waals surface area contributed by atoms with Crippen LogP contribution in [0.3, 0.4) is 0 Å². The van der Waals surface area contributed by atoms with Gasteiger partial charge in [-0.1, -0.05) is 85.5 Å². The van der Waals surface area contributed by atoms with Gasteiger partial charge in [-0.3, -0.25) is 0 Å². The van der Waals surface area contributed by atoms with Crippen molar-refractivity contribution in [3.05, 3.63) is 0 Å². The minimum absolute atomic E-state index is 0.287. The number of hydrogen-bond donors (Lipinski definition) is 3. The quantitative estimate of drug-likeness (QED) is 0.145.